The molecule has 0 spiro atoms. The van der Waals surface area contributed by atoms with Crippen LogP contribution in [-0.4, -0.2) is 24.5 Å². The fraction of sp³-hybridized carbons (Fsp3) is 0.333. The van der Waals surface area contributed by atoms with Gasteiger partial charge in [0.1, 0.15) is 22.8 Å². The molecule has 1 unspecified atom stereocenters. The molecule has 9 heteroatoms. The van der Waals surface area contributed by atoms with Gasteiger partial charge in [0.15, 0.2) is 0 Å². The molecule has 3 atom stereocenters. The lowest BCUT2D eigenvalue weighted by atomic mass is 9.79. The Hall–Kier alpha value is -2.74. The second-order valence-electron chi connectivity index (χ2n) is 9.33. The monoisotopic (exact) mass is 544 g/mol. The van der Waals surface area contributed by atoms with Crippen LogP contribution in [0.1, 0.15) is 40.9 Å². The van der Waals surface area contributed by atoms with E-state index in [0.29, 0.717) is 50.4 Å². The Morgan fingerprint density at radius 2 is 1.83 bits per heavy atom. The van der Waals surface area contributed by atoms with E-state index in [1.54, 1.807) is 37.4 Å². The highest BCUT2D eigenvalue weighted by molar-refractivity contribution is 7.18. The van der Waals surface area contributed by atoms with E-state index >= 15 is 0 Å². The van der Waals surface area contributed by atoms with Crippen LogP contribution in [0.3, 0.4) is 0 Å². The Bertz CT molecular complexity index is 1280. The van der Waals surface area contributed by atoms with Crippen LogP contribution in [0.5, 0.6) is 17.2 Å². The first-order valence-electron chi connectivity index (χ1n) is 11.8. The van der Waals surface area contributed by atoms with E-state index in [1.807, 2.05) is 24.3 Å². The summed E-state index contributed by atoms with van der Waals surface area (Å²) in [6.07, 6.45) is 3.70. The summed E-state index contributed by atoms with van der Waals surface area (Å²) in [6, 6.07) is 16.1. The number of hydrogen-bond acceptors (Lipinski definition) is 5. The van der Waals surface area contributed by atoms with E-state index in [0.717, 1.165) is 24.8 Å². The molecule has 1 heterocycles. The summed E-state index contributed by atoms with van der Waals surface area (Å²) in [5.41, 5.74) is 0.0381. The van der Waals surface area contributed by atoms with Crippen LogP contribution in [-0.2, 0) is 11.3 Å². The normalized spacial score (nSPS) is 22.3. The standard InChI is InChI=1S/C27H26Cl2N2O4S/c1-34-20-8-9-22(21(28)13-20)35-19-6-3-16(4-7-19)15-30-26(33)27(14-17-2-5-18(27)12-17)31-25(32)23-10-11-24(29)36-23/h3-4,6-11,13,17-18H,2,5,12,14-15H2,1H3,(H,30,33)(H,31,32)/t17-,18+,27?/m1/s1. The Balaban J connectivity index is 1.24. The van der Waals surface area contributed by atoms with Crippen molar-refractivity contribution in [1.29, 1.82) is 0 Å². The lowest BCUT2D eigenvalue weighted by molar-refractivity contribution is -0.129. The third kappa shape index (κ3) is 5.05. The quantitative estimate of drug-likeness (QED) is 0.341. The van der Waals surface area contributed by atoms with E-state index in [1.165, 1.54) is 11.3 Å². The highest BCUT2D eigenvalue weighted by Crippen LogP contribution is 2.51. The summed E-state index contributed by atoms with van der Waals surface area (Å²) in [6.45, 7) is 0.349. The number of methoxy groups -OCH3 is 1. The van der Waals surface area contributed by atoms with Crippen molar-refractivity contribution in [2.45, 2.75) is 37.8 Å². The van der Waals surface area contributed by atoms with Crippen molar-refractivity contribution in [1.82, 2.24) is 10.6 Å². The Morgan fingerprint density at radius 1 is 1.06 bits per heavy atom. The molecule has 2 aliphatic carbocycles. The van der Waals surface area contributed by atoms with Gasteiger partial charge in [0.25, 0.3) is 5.91 Å². The van der Waals surface area contributed by atoms with Gasteiger partial charge in [-0.15, -0.1) is 11.3 Å². The summed E-state index contributed by atoms with van der Waals surface area (Å²) >= 11 is 13.5. The molecule has 2 aromatic carbocycles. The van der Waals surface area contributed by atoms with Crippen LogP contribution >= 0.6 is 34.5 Å². The number of nitrogens with one attached hydrogen (secondary N) is 2. The van der Waals surface area contributed by atoms with Crippen LogP contribution in [0.4, 0.5) is 0 Å². The molecule has 1 aromatic heterocycles. The number of carbonyl (C=O) groups is 2. The maximum absolute atomic E-state index is 13.5. The lowest BCUT2D eigenvalue weighted by Crippen LogP contribution is -2.61. The number of hydrogen-bond donors (Lipinski definition) is 2. The van der Waals surface area contributed by atoms with Crippen molar-refractivity contribution in [3.05, 3.63) is 74.4 Å². The molecule has 0 aliphatic heterocycles. The fourth-order valence-electron chi connectivity index (χ4n) is 5.35. The van der Waals surface area contributed by atoms with Crippen LogP contribution in [0.2, 0.25) is 9.36 Å². The zero-order valence-electron chi connectivity index (χ0n) is 19.7. The van der Waals surface area contributed by atoms with E-state index in [-0.39, 0.29) is 17.7 Å². The molecule has 2 aliphatic rings. The van der Waals surface area contributed by atoms with Gasteiger partial charge in [-0.25, -0.2) is 0 Å². The predicted octanol–water partition coefficient (Wildman–Crippen LogP) is 6.46. The predicted molar refractivity (Wildman–Crippen MR) is 141 cm³/mol. The first-order chi connectivity index (χ1) is 17.4. The lowest BCUT2D eigenvalue weighted by Gasteiger charge is -2.37. The SMILES string of the molecule is COc1ccc(Oc2ccc(CNC(=O)C3(NC(=O)c4ccc(Cl)s4)C[C@@H]4CC[C@H]3C4)cc2)c(Cl)c1. The Labute approximate surface area is 223 Å². The van der Waals surface area contributed by atoms with Gasteiger partial charge >= 0.3 is 0 Å². The van der Waals surface area contributed by atoms with Crippen molar-refractivity contribution in [2.75, 3.05) is 7.11 Å². The van der Waals surface area contributed by atoms with Gasteiger partial charge in [0.05, 0.1) is 21.3 Å². The van der Waals surface area contributed by atoms with Crippen molar-refractivity contribution in [3.63, 3.8) is 0 Å². The first-order valence-corrected chi connectivity index (χ1v) is 13.4. The maximum atomic E-state index is 13.5. The van der Waals surface area contributed by atoms with E-state index in [9.17, 15) is 9.59 Å². The summed E-state index contributed by atoms with van der Waals surface area (Å²) in [5, 5.41) is 6.62. The minimum Gasteiger partial charge on any atom is -0.497 e. The van der Waals surface area contributed by atoms with Crippen LogP contribution in [0.25, 0.3) is 0 Å². The molecule has 2 fully saturated rings. The fourth-order valence-corrected chi connectivity index (χ4v) is 6.50. The largest absolute Gasteiger partial charge is 0.497 e. The first kappa shape index (κ1) is 24.9. The van der Waals surface area contributed by atoms with Gasteiger partial charge in [-0.05, 0) is 79.5 Å². The number of halogens is 2. The van der Waals surface area contributed by atoms with Crippen molar-refractivity contribution >= 4 is 46.4 Å². The van der Waals surface area contributed by atoms with Crippen molar-refractivity contribution < 1.29 is 19.1 Å². The Kier molecular flexibility index (Phi) is 7.15. The molecule has 0 saturated heterocycles. The average molecular weight is 545 g/mol. The number of amides is 2. The molecular weight excluding hydrogens is 519 g/mol. The van der Waals surface area contributed by atoms with Crippen LogP contribution < -0.4 is 20.1 Å². The number of carbonyl (C=O) groups excluding carboxylic acids is 2. The third-order valence-electron chi connectivity index (χ3n) is 7.13. The summed E-state index contributed by atoms with van der Waals surface area (Å²) < 4.78 is 11.6. The third-order valence-corrected chi connectivity index (χ3v) is 8.66. The van der Waals surface area contributed by atoms with Crippen LogP contribution in [0.15, 0.2) is 54.6 Å². The molecule has 6 nitrogen and oxygen atoms in total. The molecule has 36 heavy (non-hydrogen) atoms. The van der Waals surface area contributed by atoms with E-state index in [2.05, 4.69) is 10.6 Å². The van der Waals surface area contributed by atoms with E-state index in [4.69, 9.17) is 32.7 Å². The van der Waals surface area contributed by atoms with Gasteiger partial charge in [-0.3, -0.25) is 9.59 Å². The Morgan fingerprint density at radius 3 is 2.44 bits per heavy atom. The van der Waals surface area contributed by atoms with Gasteiger partial charge in [0.2, 0.25) is 5.91 Å². The zero-order chi connectivity index (χ0) is 25.3. The summed E-state index contributed by atoms with van der Waals surface area (Å²) in [5.74, 6) is 2.05. The highest BCUT2D eigenvalue weighted by atomic mass is 35.5. The number of rotatable bonds is 8. The molecular formula is C27H26Cl2N2O4S. The van der Waals surface area contributed by atoms with Crippen molar-refractivity contribution in [2.24, 2.45) is 11.8 Å². The molecule has 3 aromatic rings. The number of benzene rings is 2. The molecule has 5 rings (SSSR count). The molecule has 0 radical (unpaired) electrons. The average Bonchev–Trinajstić information content (AvgIpc) is 3.61. The van der Waals surface area contributed by atoms with Gasteiger partial charge in [0, 0.05) is 12.6 Å². The second kappa shape index (κ2) is 10.3. The van der Waals surface area contributed by atoms with Gasteiger partial charge < -0.3 is 20.1 Å². The molecule has 188 valence electrons. The maximum Gasteiger partial charge on any atom is 0.262 e. The molecule has 2 amide bonds. The van der Waals surface area contributed by atoms with Crippen LogP contribution in [0, 0.1) is 11.8 Å². The highest BCUT2D eigenvalue weighted by Gasteiger charge is 2.56. The summed E-state index contributed by atoms with van der Waals surface area (Å²) in [4.78, 5) is 27.0. The molecule has 2 N–H and O–H groups in total. The van der Waals surface area contributed by atoms with E-state index < -0.39 is 5.54 Å². The smallest absolute Gasteiger partial charge is 0.262 e. The van der Waals surface area contributed by atoms with Gasteiger partial charge in [-0.2, -0.15) is 0 Å². The number of ether oxygens (including phenoxy) is 2. The molecule has 2 saturated carbocycles. The minimum absolute atomic E-state index is 0.129. The van der Waals surface area contributed by atoms with Crippen molar-refractivity contribution in [3.8, 4) is 17.2 Å². The zero-order valence-corrected chi connectivity index (χ0v) is 22.0. The summed E-state index contributed by atoms with van der Waals surface area (Å²) in [7, 11) is 1.58. The number of fused-ring (bicyclic) bond motifs is 2. The second-order valence-corrected chi connectivity index (χ2v) is 11.5. The number of thiophene rings is 1. The molecule has 2 bridgehead atoms. The minimum atomic E-state index is -0.884. The topological polar surface area (TPSA) is 76.7 Å². The van der Waals surface area contributed by atoms with Gasteiger partial charge in [-0.1, -0.05) is 35.3 Å².